The second-order valence-corrected chi connectivity index (χ2v) is 7.58. The molecule has 126 valence electrons. The fraction of sp³-hybridized carbons (Fsp3) is 0.579. The van der Waals surface area contributed by atoms with Gasteiger partial charge in [0.05, 0.1) is 17.8 Å². The monoisotopic (exact) mass is 324 g/mol. The summed E-state index contributed by atoms with van der Waals surface area (Å²) in [6.45, 7) is 0.791. The Balaban J connectivity index is 1.49. The van der Waals surface area contributed by atoms with Crippen molar-refractivity contribution in [2.45, 2.75) is 56.6 Å². The first kappa shape index (κ1) is 14.5. The second-order valence-electron chi connectivity index (χ2n) is 7.58. The standard InChI is InChI=1S/C19H24N4O/c20-10-12-8-14(9-12)23-11-16(18(22-23)13-3-4-13)19-17(2-1-7-21-19)24-15-5-6-15/h1-2,7,11-15H,3-6,8-10,20H2. The van der Waals surface area contributed by atoms with Crippen LogP contribution >= 0.6 is 0 Å². The topological polar surface area (TPSA) is 66.0 Å². The predicted octanol–water partition coefficient (Wildman–Crippen LogP) is 3.27. The molecule has 0 bridgehead atoms. The van der Waals surface area contributed by atoms with Gasteiger partial charge < -0.3 is 10.5 Å². The SMILES string of the molecule is NCC1CC(n2cc(-c3ncccc3OC3CC3)c(C3CC3)n2)C1. The van der Waals surface area contributed by atoms with Gasteiger partial charge in [-0.3, -0.25) is 9.67 Å². The molecule has 24 heavy (non-hydrogen) atoms. The molecule has 0 amide bonds. The molecule has 3 aliphatic carbocycles. The van der Waals surface area contributed by atoms with Crippen molar-refractivity contribution < 1.29 is 4.74 Å². The number of hydrogen-bond acceptors (Lipinski definition) is 4. The van der Waals surface area contributed by atoms with E-state index in [0.29, 0.717) is 24.0 Å². The lowest BCUT2D eigenvalue weighted by Crippen LogP contribution is -2.32. The molecule has 0 spiro atoms. The lowest BCUT2D eigenvalue weighted by molar-refractivity contribution is 0.189. The summed E-state index contributed by atoms with van der Waals surface area (Å²) in [7, 11) is 0. The number of pyridine rings is 1. The van der Waals surface area contributed by atoms with Gasteiger partial charge in [0.15, 0.2) is 0 Å². The van der Waals surface area contributed by atoms with Crippen LogP contribution in [0.5, 0.6) is 5.75 Å². The molecule has 3 saturated carbocycles. The molecular weight excluding hydrogens is 300 g/mol. The van der Waals surface area contributed by atoms with Crippen LogP contribution in [0.25, 0.3) is 11.3 Å². The van der Waals surface area contributed by atoms with Gasteiger partial charge in [-0.25, -0.2) is 0 Å². The van der Waals surface area contributed by atoms with E-state index in [2.05, 4.69) is 15.9 Å². The average Bonchev–Trinajstić information content (AvgIpc) is 3.47. The van der Waals surface area contributed by atoms with Crippen molar-refractivity contribution in [2.75, 3.05) is 6.54 Å². The number of aromatic nitrogens is 3. The summed E-state index contributed by atoms with van der Waals surface area (Å²) in [5.74, 6) is 2.17. The smallest absolute Gasteiger partial charge is 0.146 e. The van der Waals surface area contributed by atoms with Crippen LogP contribution in [0, 0.1) is 5.92 Å². The second kappa shape index (κ2) is 5.59. The zero-order chi connectivity index (χ0) is 16.1. The van der Waals surface area contributed by atoms with Gasteiger partial charge in [-0.15, -0.1) is 0 Å². The molecule has 0 radical (unpaired) electrons. The van der Waals surface area contributed by atoms with E-state index in [1.165, 1.54) is 24.1 Å². The average molecular weight is 324 g/mol. The Morgan fingerprint density at radius 1 is 1.21 bits per heavy atom. The number of nitrogens with zero attached hydrogens (tertiary/aromatic N) is 3. The van der Waals surface area contributed by atoms with E-state index < -0.39 is 0 Å². The third-order valence-electron chi connectivity index (χ3n) is 5.49. The number of nitrogens with two attached hydrogens (primary N) is 1. The van der Waals surface area contributed by atoms with Crippen molar-refractivity contribution in [3.8, 4) is 17.0 Å². The fourth-order valence-electron chi connectivity index (χ4n) is 3.60. The molecule has 0 aromatic carbocycles. The van der Waals surface area contributed by atoms with Gasteiger partial charge in [0, 0.05) is 23.9 Å². The van der Waals surface area contributed by atoms with Crippen LogP contribution in [0.1, 0.15) is 56.2 Å². The minimum atomic E-state index is 0.379. The van der Waals surface area contributed by atoms with Gasteiger partial charge in [-0.05, 0) is 63.1 Å². The van der Waals surface area contributed by atoms with Crippen LogP contribution in [0.2, 0.25) is 0 Å². The van der Waals surface area contributed by atoms with Crippen LogP contribution in [0.3, 0.4) is 0 Å². The van der Waals surface area contributed by atoms with Crippen molar-refractivity contribution in [3.63, 3.8) is 0 Å². The quantitative estimate of drug-likeness (QED) is 0.885. The first-order valence-corrected chi connectivity index (χ1v) is 9.23. The summed E-state index contributed by atoms with van der Waals surface area (Å²) < 4.78 is 8.27. The Hall–Kier alpha value is -1.88. The first-order valence-electron chi connectivity index (χ1n) is 9.23. The summed E-state index contributed by atoms with van der Waals surface area (Å²) in [5, 5.41) is 4.96. The highest BCUT2D eigenvalue weighted by molar-refractivity contribution is 5.69. The number of hydrogen-bond donors (Lipinski definition) is 1. The minimum absolute atomic E-state index is 0.379. The summed E-state index contributed by atoms with van der Waals surface area (Å²) in [5.41, 5.74) is 9.12. The Morgan fingerprint density at radius 2 is 2.04 bits per heavy atom. The van der Waals surface area contributed by atoms with E-state index >= 15 is 0 Å². The molecule has 2 aromatic heterocycles. The van der Waals surface area contributed by atoms with Crippen LogP contribution in [0.15, 0.2) is 24.5 Å². The van der Waals surface area contributed by atoms with Crippen LogP contribution in [0.4, 0.5) is 0 Å². The Morgan fingerprint density at radius 3 is 2.75 bits per heavy atom. The predicted molar refractivity (Wildman–Crippen MR) is 91.9 cm³/mol. The van der Waals surface area contributed by atoms with Gasteiger partial charge in [0.2, 0.25) is 0 Å². The van der Waals surface area contributed by atoms with Crippen molar-refractivity contribution in [2.24, 2.45) is 11.7 Å². The maximum absolute atomic E-state index is 6.09. The fourth-order valence-corrected chi connectivity index (χ4v) is 3.60. The van der Waals surface area contributed by atoms with E-state index in [9.17, 15) is 0 Å². The van der Waals surface area contributed by atoms with Gasteiger partial charge in [0.1, 0.15) is 11.4 Å². The largest absolute Gasteiger partial charge is 0.488 e. The first-order chi connectivity index (χ1) is 11.8. The van der Waals surface area contributed by atoms with Crippen LogP contribution in [-0.2, 0) is 0 Å². The molecule has 5 rings (SSSR count). The maximum Gasteiger partial charge on any atom is 0.146 e. The molecule has 2 N–H and O–H groups in total. The normalized spacial score (nSPS) is 26.2. The Bertz CT molecular complexity index is 742. The molecule has 0 atom stereocenters. The zero-order valence-electron chi connectivity index (χ0n) is 13.9. The molecule has 0 unspecified atom stereocenters. The molecule has 5 heteroatoms. The third-order valence-corrected chi connectivity index (χ3v) is 5.49. The summed E-state index contributed by atoms with van der Waals surface area (Å²) in [4.78, 5) is 4.65. The Kier molecular flexibility index (Phi) is 3.37. The summed E-state index contributed by atoms with van der Waals surface area (Å²) in [6.07, 6.45) is 11.5. The molecule has 0 saturated heterocycles. The van der Waals surface area contributed by atoms with Gasteiger partial charge in [0.25, 0.3) is 0 Å². The molecule has 0 aliphatic heterocycles. The van der Waals surface area contributed by atoms with Crippen molar-refractivity contribution in [3.05, 3.63) is 30.2 Å². The molecule has 2 heterocycles. The van der Waals surface area contributed by atoms with E-state index in [1.807, 2.05) is 18.3 Å². The highest BCUT2D eigenvalue weighted by atomic mass is 16.5. The Labute approximate surface area is 142 Å². The molecule has 3 fully saturated rings. The summed E-state index contributed by atoms with van der Waals surface area (Å²) >= 11 is 0. The van der Waals surface area contributed by atoms with Gasteiger partial charge in [-0.2, -0.15) is 5.10 Å². The summed E-state index contributed by atoms with van der Waals surface area (Å²) in [6, 6.07) is 4.50. The molecule has 2 aromatic rings. The van der Waals surface area contributed by atoms with E-state index in [-0.39, 0.29) is 0 Å². The third kappa shape index (κ3) is 2.61. The minimum Gasteiger partial charge on any atom is -0.488 e. The van der Waals surface area contributed by atoms with Gasteiger partial charge >= 0.3 is 0 Å². The van der Waals surface area contributed by atoms with E-state index in [1.54, 1.807) is 0 Å². The van der Waals surface area contributed by atoms with Crippen LogP contribution in [-0.4, -0.2) is 27.4 Å². The number of ether oxygens (including phenoxy) is 1. The highest BCUT2D eigenvalue weighted by Crippen LogP contribution is 2.47. The number of rotatable bonds is 6. The maximum atomic E-state index is 6.09. The van der Waals surface area contributed by atoms with Crippen molar-refractivity contribution in [1.29, 1.82) is 0 Å². The van der Waals surface area contributed by atoms with Crippen LogP contribution < -0.4 is 10.5 Å². The molecule has 3 aliphatic rings. The highest BCUT2D eigenvalue weighted by Gasteiger charge is 2.35. The lowest BCUT2D eigenvalue weighted by atomic mass is 9.80. The van der Waals surface area contributed by atoms with Gasteiger partial charge in [-0.1, -0.05) is 0 Å². The lowest BCUT2D eigenvalue weighted by Gasteiger charge is -2.34. The van der Waals surface area contributed by atoms with Crippen molar-refractivity contribution in [1.82, 2.24) is 14.8 Å². The van der Waals surface area contributed by atoms with Crippen molar-refractivity contribution >= 4 is 0 Å². The molecule has 5 nitrogen and oxygen atoms in total. The van der Waals surface area contributed by atoms with E-state index in [4.69, 9.17) is 15.6 Å². The molecular formula is C19H24N4O. The zero-order valence-corrected chi connectivity index (χ0v) is 13.9. The van der Waals surface area contributed by atoms with E-state index in [0.717, 1.165) is 43.7 Å².